The number of hydrogen-bond acceptors (Lipinski definition) is 5. The molecule has 7 heteroatoms. The van der Waals surface area contributed by atoms with Gasteiger partial charge >= 0.3 is 0 Å². The highest BCUT2D eigenvalue weighted by Gasteiger charge is 2.26. The highest BCUT2D eigenvalue weighted by atomic mass is 16.5. The normalized spacial score (nSPS) is 15.5. The lowest BCUT2D eigenvalue weighted by atomic mass is 10.0. The summed E-state index contributed by atoms with van der Waals surface area (Å²) < 4.78 is 7.06. The van der Waals surface area contributed by atoms with Gasteiger partial charge in [-0.05, 0) is 44.1 Å². The molecule has 3 aromatic rings. The molecule has 1 saturated heterocycles. The van der Waals surface area contributed by atoms with Crippen molar-refractivity contribution in [1.82, 2.24) is 19.8 Å². The third-order valence-corrected chi connectivity index (χ3v) is 5.98. The number of benzene rings is 2. The zero-order chi connectivity index (χ0) is 21.8. The SMILES string of the molecule is COc1ccccc1[C@@H](CNC(=O)c1nc2ccccc2n(C)c1=O)N1CCCCC1. The van der Waals surface area contributed by atoms with Crippen LogP contribution in [0.1, 0.15) is 41.4 Å². The summed E-state index contributed by atoms with van der Waals surface area (Å²) in [7, 11) is 3.32. The van der Waals surface area contributed by atoms with Crippen LogP contribution in [0.4, 0.5) is 0 Å². The number of aromatic nitrogens is 2. The maximum Gasteiger partial charge on any atom is 0.282 e. The number of para-hydroxylation sites is 3. The van der Waals surface area contributed by atoms with E-state index in [1.54, 1.807) is 20.2 Å². The Morgan fingerprint density at radius 2 is 1.81 bits per heavy atom. The van der Waals surface area contributed by atoms with Gasteiger partial charge in [-0.1, -0.05) is 36.8 Å². The lowest BCUT2D eigenvalue weighted by molar-refractivity contribution is 0.0916. The quantitative estimate of drug-likeness (QED) is 0.664. The Hall–Kier alpha value is -3.19. The first-order valence-electron chi connectivity index (χ1n) is 10.7. The molecule has 0 unspecified atom stereocenters. The number of carbonyl (C=O) groups is 1. The van der Waals surface area contributed by atoms with Crippen LogP contribution in [0.15, 0.2) is 53.3 Å². The van der Waals surface area contributed by atoms with Crippen LogP contribution in [-0.4, -0.2) is 47.1 Å². The van der Waals surface area contributed by atoms with Crippen molar-refractivity contribution in [1.29, 1.82) is 0 Å². The van der Waals surface area contributed by atoms with Crippen molar-refractivity contribution in [3.63, 3.8) is 0 Å². The molecule has 162 valence electrons. The van der Waals surface area contributed by atoms with E-state index in [1.807, 2.05) is 42.5 Å². The third-order valence-electron chi connectivity index (χ3n) is 5.98. The van der Waals surface area contributed by atoms with Crippen LogP contribution in [0.25, 0.3) is 11.0 Å². The van der Waals surface area contributed by atoms with E-state index in [2.05, 4.69) is 15.2 Å². The van der Waals surface area contributed by atoms with Gasteiger partial charge in [-0.3, -0.25) is 14.5 Å². The summed E-state index contributed by atoms with van der Waals surface area (Å²) in [4.78, 5) is 32.5. The van der Waals surface area contributed by atoms with Crippen LogP contribution in [0.5, 0.6) is 5.75 Å². The molecular formula is C24H28N4O3. The molecule has 31 heavy (non-hydrogen) atoms. The minimum Gasteiger partial charge on any atom is -0.496 e. The molecule has 0 radical (unpaired) electrons. The van der Waals surface area contributed by atoms with Gasteiger partial charge in [0.25, 0.3) is 11.5 Å². The van der Waals surface area contributed by atoms with E-state index in [0.29, 0.717) is 17.6 Å². The van der Waals surface area contributed by atoms with Crippen molar-refractivity contribution in [2.75, 3.05) is 26.7 Å². The number of rotatable bonds is 6. The van der Waals surface area contributed by atoms with Gasteiger partial charge in [-0.15, -0.1) is 0 Å². The lowest BCUT2D eigenvalue weighted by Gasteiger charge is -2.35. The Balaban J connectivity index is 1.61. The van der Waals surface area contributed by atoms with Crippen molar-refractivity contribution >= 4 is 16.9 Å². The van der Waals surface area contributed by atoms with E-state index < -0.39 is 11.5 Å². The van der Waals surface area contributed by atoms with Crippen LogP contribution in [0.2, 0.25) is 0 Å². The molecule has 1 fully saturated rings. The van der Waals surface area contributed by atoms with Gasteiger partial charge in [0.1, 0.15) is 5.75 Å². The molecule has 2 heterocycles. The van der Waals surface area contributed by atoms with Crippen LogP contribution in [0.3, 0.4) is 0 Å². The summed E-state index contributed by atoms with van der Waals surface area (Å²) in [6.07, 6.45) is 3.48. The minimum absolute atomic E-state index is 0.0373. The van der Waals surface area contributed by atoms with E-state index in [-0.39, 0.29) is 11.7 Å². The molecule has 1 aliphatic rings. The van der Waals surface area contributed by atoms with Gasteiger partial charge in [-0.2, -0.15) is 0 Å². The van der Waals surface area contributed by atoms with E-state index in [9.17, 15) is 9.59 Å². The smallest absolute Gasteiger partial charge is 0.282 e. The van der Waals surface area contributed by atoms with E-state index in [4.69, 9.17) is 4.74 Å². The average Bonchev–Trinajstić information content (AvgIpc) is 2.82. The van der Waals surface area contributed by atoms with Crippen LogP contribution < -0.4 is 15.6 Å². The monoisotopic (exact) mass is 420 g/mol. The fourth-order valence-corrected chi connectivity index (χ4v) is 4.31. The van der Waals surface area contributed by atoms with E-state index >= 15 is 0 Å². The van der Waals surface area contributed by atoms with Gasteiger partial charge in [0.15, 0.2) is 5.69 Å². The Kier molecular flexibility index (Phi) is 6.32. The number of aryl methyl sites for hydroxylation is 1. The first-order valence-corrected chi connectivity index (χ1v) is 10.7. The number of ether oxygens (including phenoxy) is 1. The standard InChI is InChI=1S/C24H28N4O3/c1-27-19-12-6-5-11-18(19)26-22(24(27)30)23(29)25-16-20(28-14-8-3-9-15-28)17-10-4-7-13-21(17)31-2/h4-7,10-13,20H,3,8-9,14-16H2,1-2H3,(H,25,29)/t20-/m1/s1. The lowest BCUT2D eigenvalue weighted by Crippen LogP contribution is -2.42. The van der Waals surface area contributed by atoms with E-state index in [0.717, 1.165) is 37.2 Å². The molecule has 0 spiro atoms. The second-order valence-electron chi connectivity index (χ2n) is 7.88. The number of likely N-dealkylation sites (tertiary alicyclic amines) is 1. The third kappa shape index (κ3) is 4.32. The summed E-state index contributed by atoms with van der Waals surface area (Å²) in [5.41, 5.74) is 1.87. The maximum atomic E-state index is 13.0. The van der Waals surface area contributed by atoms with E-state index in [1.165, 1.54) is 11.0 Å². The highest BCUT2D eigenvalue weighted by molar-refractivity contribution is 5.93. The molecule has 2 aromatic carbocycles. The average molecular weight is 421 g/mol. The maximum absolute atomic E-state index is 13.0. The second-order valence-corrected chi connectivity index (χ2v) is 7.88. The Bertz CT molecular complexity index is 1140. The van der Waals surface area contributed by atoms with Crippen LogP contribution in [0, 0.1) is 0 Å². The molecule has 1 aromatic heterocycles. The summed E-state index contributed by atoms with van der Waals surface area (Å²) >= 11 is 0. The Morgan fingerprint density at radius 3 is 2.58 bits per heavy atom. The molecule has 1 atom stereocenters. The van der Waals surface area contributed by atoms with Gasteiger partial charge in [-0.25, -0.2) is 4.98 Å². The van der Waals surface area contributed by atoms with Gasteiger partial charge in [0.05, 0.1) is 24.2 Å². The second kappa shape index (κ2) is 9.31. The predicted octanol–water partition coefficient (Wildman–Crippen LogP) is 2.90. The first kappa shape index (κ1) is 21.1. The van der Waals surface area contributed by atoms with Crippen molar-refractivity contribution in [3.8, 4) is 5.75 Å². The molecule has 4 rings (SSSR count). The fraction of sp³-hybridized carbons (Fsp3) is 0.375. The molecule has 1 aliphatic heterocycles. The number of piperidine rings is 1. The van der Waals surface area contributed by atoms with Crippen molar-refractivity contribution in [3.05, 3.63) is 70.1 Å². The Morgan fingerprint density at radius 1 is 1.10 bits per heavy atom. The number of amides is 1. The summed E-state index contributed by atoms with van der Waals surface area (Å²) in [6, 6.07) is 15.2. The topological polar surface area (TPSA) is 76.5 Å². The van der Waals surface area contributed by atoms with Crippen LogP contribution >= 0.6 is 0 Å². The number of fused-ring (bicyclic) bond motifs is 1. The first-order chi connectivity index (χ1) is 15.1. The molecule has 0 aliphatic carbocycles. The molecule has 1 N–H and O–H groups in total. The van der Waals surface area contributed by atoms with Crippen LogP contribution in [-0.2, 0) is 7.05 Å². The van der Waals surface area contributed by atoms with Crippen molar-refractivity contribution < 1.29 is 9.53 Å². The van der Waals surface area contributed by atoms with Crippen molar-refractivity contribution in [2.24, 2.45) is 7.05 Å². The van der Waals surface area contributed by atoms with Gasteiger partial charge in [0.2, 0.25) is 0 Å². The molecule has 1 amide bonds. The zero-order valence-electron chi connectivity index (χ0n) is 18.0. The zero-order valence-corrected chi connectivity index (χ0v) is 18.0. The largest absolute Gasteiger partial charge is 0.496 e. The van der Waals surface area contributed by atoms with Gasteiger partial charge in [0, 0.05) is 19.2 Å². The fourth-order valence-electron chi connectivity index (χ4n) is 4.31. The predicted molar refractivity (Wildman–Crippen MR) is 120 cm³/mol. The molecule has 7 nitrogen and oxygen atoms in total. The Labute approximate surface area is 181 Å². The van der Waals surface area contributed by atoms with Crippen molar-refractivity contribution in [2.45, 2.75) is 25.3 Å². The summed E-state index contributed by atoms with van der Waals surface area (Å²) in [5.74, 6) is 0.343. The number of hydrogen-bond donors (Lipinski definition) is 1. The molecule has 0 saturated carbocycles. The molecule has 0 bridgehead atoms. The number of carbonyl (C=O) groups excluding carboxylic acids is 1. The minimum atomic E-state index is -0.455. The highest BCUT2D eigenvalue weighted by Crippen LogP contribution is 2.30. The molecular weight excluding hydrogens is 392 g/mol. The number of nitrogens with zero attached hydrogens (tertiary/aromatic N) is 3. The summed E-state index contributed by atoms with van der Waals surface area (Å²) in [5, 5.41) is 2.97. The summed E-state index contributed by atoms with van der Waals surface area (Å²) in [6.45, 7) is 2.31. The number of nitrogens with one attached hydrogen (secondary N) is 1. The number of methoxy groups -OCH3 is 1. The van der Waals surface area contributed by atoms with Gasteiger partial charge < -0.3 is 14.6 Å².